The standard InChI is InChI=1S/C15H23N3O3/c1-20-13-4-3-10(6-14(13)21-2)11-5-12(16)8-18(7-11)9-15(17)19/h3-4,6,11-12H,5,7-9,16H2,1-2H3,(H2,17,19). The molecule has 2 atom stereocenters. The Kier molecular flexibility index (Phi) is 5.03. The number of likely N-dealkylation sites (tertiary alicyclic amines) is 1. The van der Waals surface area contributed by atoms with Crippen LogP contribution in [0.4, 0.5) is 0 Å². The molecule has 21 heavy (non-hydrogen) atoms. The number of carbonyl (C=O) groups is 1. The Morgan fingerprint density at radius 1 is 1.29 bits per heavy atom. The summed E-state index contributed by atoms with van der Waals surface area (Å²) in [6.45, 7) is 1.72. The summed E-state index contributed by atoms with van der Waals surface area (Å²) in [5, 5.41) is 0. The van der Waals surface area contributed by atoms with Gasteiger partial charge in [-0.25, -0.2) is 0 Å². The number of hydrogen-bond donors (Lipinski definition) is 2. The number of hydrogen-bond acceptors (Lipinski definition) is 5. The molecular formula is C15H23N3O3. The zero-order valence-corrected chi connectivity index (χ0v) is 12.5. The molecule has 6 heteroatoms. The molecule has 2 unspecified atom stereocenters. The van der Waals surface area contributed by atoms with E-state index >= 15 is 0 Å². The van der Waals surface area contributed by atoms with Crippen molar-refractivity contribution < 1.29 is 14.3 Å². The number of amides is 1. The summed E-state index contributed by atoms with van der Waals surface area (Å²) in [5.41, 5.74) is 12.5. The number of methoxy groups -OCH3 is 2. The first-order valence-corrected chi connectivity index (χ1v) is 7.01. The highest BCUT2D eigenvalue weighted by atomic mass is 16.5. The number of primary amides is 1. The number of piperidine rings is 1. The lowest BCUT2D eigenvalue weighted by molar-refractivity contribution is -0.119. The van der Waals surface area contributed by atoms with Gasteiger partial charge in [0.15, 0.2) is 11.5 Å². The van der Waals surface area contributed by atoms with E-state index in [0.717, 1.165) is 18.5 Å². The molecule has 2 rings (SSSR count). The van der Waals surface area contributed by atoms with E-state index in [0.29, 0.717) is 18.0 Å². The van der Waals surface area contributed by atoms with Crippen LogP contribution >= 0.6 is 0 Å². The fraction of sp³-hybridized carbons (Fsp3) is 0.533. The van der Waals surface area contributed by atoms with E-state index in [4.69, 9.17) is 20.9 Å². The largest absolute Gasteiger partial charge is 0.493 e. The maximum absolute atomic E-state index is 11.1. The molecule has 1 aromatic rings. The summed E-state index contributed by atoms with van der Waals surface area (Å²) in [7, 11) is 3.23. The second-order valence-electron chi connectivity index (χ2n) is 5.47. The third kappa shape index (κ3) is 3.86. The van der Waals surface area contributed by atoms with Crippen molar-refractivity contribution in [1.82, 2.24) is 4.90 Å². The number of nitrogens with two attached hydrogens (primary N) is 2. The highest BCUT2D eigenvalue weighted by Gasteiger charge is 2.27. The molecule has 0 saturated carbocycles. The highest BCUT2D eigenvalue weighted by molar-refractivity contribution is 5.75. The van der Waals surface area contributed by atoms with Crippen molar-refractivity contribution in [3.63, 3.8) is 0 Å². The van der Waals surface area contributed by atoms with Crippen molar-refractivity contribution in [2.24, 2.45) is 11.5 Å². The second-order valence-corrected chi connectivity index (χ2v) is 5.47. The normalized spacial score (nSPS) is 22.8. The van der Waals surface area contributed by atoms with E-state index in [9.17, 15) is 4.79 Å². The van der Waals surface area contributed by atoms with E-state index in [1.165, 1.54) is 0 Å². The Hall–Kier alpha value is -1.79. The molecule has 116 valence electrons. The number of rotatable bonds is 5. The van der Waals surface area contributed by atoms with Gasteiger partial charge in [-0.1, -0.05) is 6.07 Å². The topological polar surface area (TPSA) is 90.8 Å². The summed E-state index contributed by atoms with van der Waals surface area (Å²) in [6, 6.07) is 5.93. The molecule has 4 N–H and O–H groups in total. The van der Waals surface area contributed by atoms with E-state index in [1.54, 1.807) is 14.2 Å². The van der Waals surface area contributed by atoms with Gasteiger partial charge in [0.2, 0.25) is 5.91 Å². The minimum Gasteiger partial charge on any atom is -0.493 e. The van der Waals surface area contributed by atoms with Gasteiger partial charge in [-0.05, 0) is 30.0 Å². The van der Waals surface area contributed by atoms with Crippen LogP contribution in [0.25, 0.3) is 0 Å². The zero-order valence-electron chi connectivity index (χ0n) is 12.5. The van der Waals surface area contributed by atoms with Crippen LogP contribution in [0, 0.1) is 0 Å². The number of carbonyl (C=O) groups excluding carboxylic acids is 1. The molecule has 1 aromatic carbocycles. The molecule has 1 fully saturated rings. The lowest BCUT2D eigenvalue weighted by Gasteiger charge is -2.36. The summed E-state index contributed by atoms with van der Waals surface area (Å²) in [5.74, 6) is 1.34. The third-order valence-electron chi connectivity index (χ3n) is 3.82. The molecule has 0 aliphatic carbocycles. The Labute approximate surface area is 125 Å². The van der Waals surface area contributed by atoms with Crippen LogP contribution in [0.15, 0.2) is 18.2 Å². The van der Waals surface area contributed by atoms with E-state index in [2.05, 4.69) is 0 Å². The SMILES string of the molecule is COc1ccc(C2CC(N)CN(CC(N)=O)C2)cc1OC. The minimum absolute atomic E-state index is 0.0381. The van der Waals surface area contributed by atoms with Gasteiger partial charge in [0.05, 0.1) is 20.8 Å². The predicted octanol–water partition coefficient (Wildman–Crippen LogP) is 0.306. The monoisotopic (exact) mass is 293 g/mol. The molecule has 0 aromatic heterocycles. The van der Waals surface area contributed by atoms with Crippen LogP contribution in [-0.4, -0.2) is 50.7 Å². The van der Waals surface area contributed by atoms with E-state index in [-0.39, 0.29) is 24.4 Å². The van der Waals surface area contributed by atoms with Crippen molar-refractivity contribution in [2.75, 3.05) is 33.9 Å². The minimum atomic E-state index is -0.324. The van der Waals surface area contributed by atoms with Crippen molar-refractivity contribution in [1.29, 1.82) is 0 Å². The Balaban J connectivity index is 2.18. The maximum atomic E-state index is 11.1. The van der Waals surface area contributed by atoms with E-state index < -0.39 is 0 Å². The molecule has 0 radical (unpaired) electrons. The van der Waals surface area contributed by atoms with Crippen molar-refractivity contribution in [3.8, 4) is 11.5 Å². The molecule has 1 amide bonds. The van der Waals surface area contributed by atoms with Gasteiger partial charge in [-0.15, -0.1) is 0 Å². The first-order chi connectivity index (χ1) is 10.0. The van der Waals surface area contributed by atoms with Gasteiger partial charge in [-0.3, -0.25) is 9.69 Å². The van der Waals surface area contributed by atoms with Gasteiger partial charge in [0.25, 0.3) is 0 Å². The second kappa shape index (κ2) is 6.78. The lowest BCUT2D eigenvalue weighted by Crippen LogP contribution is -2.48. The Morgan fingerprint density at radius 2 is 2.00 bits per heavy atom. The Bertz CT molecular complexity index is 507. The lowest BCUT2D eigenvalue weighted by atomic mass is 9.88. The van der Waals surface area contributed by atoms with Crippen molar-refractivity contribution in [2.45, 2.75) is 18.4 Å². The van der Waals surface area contributed by atoms with Crippen LogP contribution in [0.3, 0.4) is 0 Å². The first-order valence-electron chi connectivity index (χ1n) is 7.01. The quantitative estimate of drug-likeness (QED) is 0.815. The molecule has 1 saturated heterocycles. The van der Waals surface area contributed by atoms with Crippen molar-refractivity contribution in [3.05, 3.63) is 23.8 Å². The van der Waals surface area contributed by atoms with Crippen LogP contribution < -0.4 is 20.9 Å². The predicted molar refractivity (Wildman–Crippen MR) is 80.5 cm³/mol. The molecule has 1 heterocycles. The van der Waals surface area contributed by atoms with Crippen molar-refractivity contribution >= 4 is 5.91 Å². The van der Waals surface area contributed by atoms with Crippen LogP contribution in [0.2, 0.25) is 0 Å². The fourth-order valence-corrected chi connectivity index (χ4v) is 2.93. The zero-order chi connectivity index (χ0) is 15.4. The van der Waals surface area contributed by atoms with Gasteiger partial charge in [0.1, 0.15) is 0 Å². The summed E-state index contributed by atoms with van der Waals surface area (Å²) < 4.78 is 10.6. The smallest absolute Gasteiger partial charge is 0.231 e. The number of ether oxygens (including phenoxy) is 2. The average molecular weight is 293 g/mol. The van der Waals surface area contributed by atoms with Crippen LogP contribution in [0.1, 0.15) is 17.9 Å². The molecular weight excluding hydrogens is 270 g/mol. The summed E-state index contributed by atoms with van der Waals surface area (Å²) in [4.78, 5) is 13.1. The fourth-order valence-electron chi connectivity index (χ4n) is 2.93. The van der Waals surface area contributed by atoms with Gasteiger partial charge < -0.3 is 20.9 Å². The molecule has 1 aliphatic rings. The third-order valence-corrected chi connectivity index (χ3v) is 3.82. The van der Waals surface area contributed by atoms with Crippen LogP contribution in [-0.2, 0) is 4.79 Å². The van der Waals surface area contributed by atoms with E-state index in [1.807, 2.05) is 23.1 Å². The summed E-state index contributed by atoms with van der Waals surface area (Å²) in [6.07, 6.45) is 0.880. The Morgan fingerprint density at radius 3 is 2.62 bits per heavy atom. The molecule has 0 bridgehead atoms. The summed E-state index contributed by atoms with van der Waals surface area (Å²) >= 11 is 0. The maximum Gasteiger partial charge on any atom is 0.231 e. The number of nitrogens with zero attached hydrogens (tertiary/aromatic N) is 1. The van der Waals surface area contributed by atoms with Crippen LogP contribution in [0.5, 0.6) is 11.5 Å². The molecule has 0 spiro atoms. The average Bonchev–Trinajstić information content (AvgIpc) is 2.45. The highest BCUT2D eigenvalue weighted by Crippen LogP contribution is 2.33. The van der Waals surface area contributed by atoms with Gasteiger partial charge in [-0.2, -0.15) is 0 Å². The molecule has 1 aliphatic heterocycles. The number of benzene rings is 1. The van der Waals surface area contributed by atoms with Gasteiger partial charge >= 0.3 is 0 Å². The first kappa shape index (κ1) is 15.6. The molecule has 6 nitrogen and oxygen atoms in total. The van der Waals surface area contributed by atoms with Gasteiger partial charge in [0, 0.05) is 19.1 Å².